The second-order valence-electron chi connectivity index (χ2n) is 7.84. The standard InChI is InChI=1S/C24H31N3O5/c1-16(2)14-27(24(30)20-11-10-19(31-4)12-21(20)32-5)15-23(29)25-13-22(28)26-18-8-6-17(3)7-9-18/h6-12,16H,13-15H2,1-5H3,(H,25,29)(H,26,28). The van der Waals surface area contributed by atoms with Crippen LogP contribution in [0, 0.1) is 12.8 Å². The van der Waals surface area contributed by atoms with Gasteiger partial charge in [-0.05, 0) is 37.1 Å². The highest BCUT2D eigenvalue weighted by molar-refractivity contribution is 6.00. The number of rotatable bonds is 10. The molecule has 0 aliphatic carbocycles. The van der Waals surface area contributed by atoms with Gasteiger partial charge < -0.3 is 25.0 Å². The first-order chi connectivity index (χ1) is 15.2. The van der Waals surface area contributed by atoms with Gasteiger partial charge in [0.2, 0.25) is 11.8 Å². The average Bonchev–Trinajstić information content (AvgIpc) is 2.77. The molecule has 0 unspecified atom stereocenters. The molecule has 0 radical (unpaired) electrons. The molecule has 0 aliphatic rings. The van der Waals surface area contributed by atoms with Gasteiger partial charge in [-0.3, -0.25) is 14.4 Å². The molecule has 32 heavy (non-hydrogen) atoms. The first-order valence-electron chi connectivity index (χ1n) is 10.4. The highest BCUT2D eigenvalue weighted by Crippen LogP contribution is 2.26. The van der Waals surface area contributed by atoms with Crippen molar-refractivity contribution in [3.63, 3.8) is 0 Å². The summed E-state index contributed by atoms with van der Waals surface area (Å²) in [4.78, 5) is 39.2. The fourth-order valence-corrected chi connectivity index (χ4v) is 3.06. The van der Waals surface area contributed by atoms with Crippen LogP contribution in [0.5, 0.6) is 11.5 Å². The van der Waals surface area contributed by atoms with Crippen LogP contribution in [0.4, 0.5) is 5.69 Å². The Bertz CT molecular complexity index is 941. The summed E-state index contributed by atoms with van der Waals surface area (Å²) >= 11 is 0. The van der Waals surface area contributed by atoms with Crippen LogP contribution in [0.25, 0.3) is 0 Å². The van der Waals surface area contributed by atoms with E-state index in [1.54, 1.807) is 30.3 Å². The number of amides is 3. The van der Waals surface area contributed by atoms with E-state index in [-0.39, 0.29) is 30.8 Å². The molecule has 8 nitrogen and oxygen atoms in total. The van der Waals surface area contributed by atoms with Crippen LogP contribution in [0.2, 0.25) is 0 Å². The minimum Gasteiger partial charge on any atom is -0.497 e. The lowest BCUT2D eigenvalue weighted by Crippen LogP contribution is -2.44. The number of nitrogens with one attached hydrogen (secondary N) is 2. The fourth-order valence-electron chi connectivity index (χ4n) is 3.06. The van der Waals surface area contributed by atoms with Crippen LogP contribution in [0.1, 0.15) is 29.8 Å². The van der Waals surface area contributed by atoms with Crippen LogP contribution < -0.4 is 20.1 Å². The van der Waals surface area contributed by atoms with Gasteiger partial charge in [0.1, 0.15) is 11.5 Å². The third kappa shape index (κ3) is 7.30. The lowest BCUT2D eigenvalue weighted by Gasteiger charge is -2.25. The van der Waals surface area contributed by atoms with Crippen molar-refractivity contribution in [3.05, 3.63) is 53.6 Å². The maximum absolute atomic E-state index is 13.1. The van der Waals surface area contributed by atoms with Gasteiger partial charge in [0.15, 0.2) is 0 Å². The van der Waals surface area contributed by atoms with E-state index in [0.717, 1.165) is 5.56 Å². The Labute approximate surface area is 188 Å². The number of benzene rings is 2. The summed E-state index contributed by atoms with van der Waals surface area (Å²) in [6.45, 7) is 5.87. The highest BCUT2D eigenvalue weighted by atomic mass is 16.5. The second kappa shape index (κ2) is 11.7. The zero-order chi connectivity index (χ0) is 23.7. The number of carbonyl (C=O) groups excluding carboxylic acids is 3. The van der Waals surface area contributed by atoms with Crippen molar-refractivity contribution < 1.29 is 23.9 Å². The molecule has 2 aromatic rings. The number of anilines is 1. The number of nitrogens with zero attached hydrogens (tertiary/aromatic N) is 1. The minimum absolute atomic E-state index is 0.140. The Hall–Kier alpha value is -3.55. The van der Waals surface area contributed by atoms with Crippen LogP contribution in [0.15, 0.2) is 42.5 Å². The average molecular weight is 442 g/mol. The Morgan fingerprint density at radius 1 is 0.969 bits per heavy atom. The molecular weight excluding hydrogens is 410 g/mol. The topological polar surface area (TPSA) is 97.0 Å². The lowest BCUT2D eigenvalue weighted by atomic mass is 10.1. The van der Waals surface area contributed by atoms with Gasteiger partial charge in [0.05, 0.1) is 32.9 Å². The molecule has 0 bridgehead atoms. The van der Waals surface area contributed by atoms with Crippen molar-refractivity contribution in [2.75, 3.05) is 39.2 Å². The van der Waals surface area contributed by atoms with Crippen LogP contribution in [-0.2, 0) is 9.59 Å². The van der Waals surface area contributed by atoms with E-state index in [4.69, 9.17) is 9.47 Å². The van der Waals surface area contributed by atoms with Gasteiger partial charge in [-0.2, -0.15) is 0 Å². The normalized spacial score (nSPS) is 10.4. The monoisotopic (exact) mass is 441 g/mol. The Balaban J connectivity index is 2.01. The second-order valence-corrected chi connectivity index (χ2v) is 7.84. The Kier molecular flexibility index (Phi) is 9.07. The van der Waals surface area contributed by atoms with Crippen molar-refractivity contribution in [1.29, 1.82) is 0 Å². The number of ether oxygens (including phenoxy) is 2. The van der Waals surface area contributed by atoms with Gasteiger partial charge in [0, 0.05) is 18.3 Å². The molecule has 0 heterocycles. The zero-order valence-corrected chi connectivity index (χ0v) is 19.2. The third-order valence-corrected chi connectivity index (χ3v) is 4.63. The lowest BCUT2D eigenvalue weighted by molar-refractivity contribution is -0.124. The van der Waals surface area contributed by atoms with Crippen molar-refractivity contribution in [2.24, 2.45) is 5.92 Å². The molecule has 0 aromatic heterocycles. The summed E-state index contributed by atoms with van der Waals surface area (Å²) in [5, 5.41) is 5.30. The maximum atomic E-state index is 13.1. The largest absolute Gasteiger partial charge is 0.497 e. The molecule has 0 saturated heterocycles. The number of methoxy groups -OCH3 is 2. The molecule has 3 amide bonds. The molecule has 0 atom stereocenters. The summed E-state index contributed by atoms with van der Waals surface area (Å²) < 4.78 is 10.5. The Morgan fingerprint density at radius 2 is 1.66 bits per heavy atom. The number of carbonyl (C=O) groups is 3. The maximum Gasteiger partial charge on any atom is 0.258 e. The van der Waals surface area contributed by atoms with Crippen LogP contribution >= 0.6 is 0 Å². The first-order valence-corrected chi connectivity index (χ1v) is 10.4. The van der Waals surface area contributed by atoms with Crippen molar-refractivity contribution in [1.82, 2.24) is 10.2 Å². The molecule has 8 heteroatoms. The van der Waals surface area contributed by atoms with Crippen LogP contribution in [0.3, 0.4) is 0 Å². The van der Waals surface area contributed by atoms with Gasteiger partial charge in [-0.1, -0.05) is 31.5 Å². The quantitative estimate of drug-likeness (QED) is 0.591. The predicted molar refractivity (Wildman–Crippen MR) is 123 cm³/mol. The summed E-state index contributed by atoms with van der Waals surface area (Å²) in [6, 6.07) is 12.3. The van der Waals surface area contributed by atoms with E-state index in [0.29, 0.717) is 29.3 Å². The predicted octanol–water partition coefficient (Wildman–Crippen LogP) is 2.87. The summed E-state index contributed by atoms with van der Waals surface area (Å²) in [6.07, 6.45) is 0. The molecule has 2 aromatic carbocycles. The molecule has 0 aliphatic heterocycles. The SMILES string of the molecule is COc1ccc(C(=O)N(CC(=O)NCC(=O)Nc2ccc(C)cc2)CC(C)C)c(OC)c1. The molecule has 2 N–H and O–H groups in total. The van der Waals surface area contributed by atoms with E-state index >= 15 is 0 Å². The van der Waals surface area contributed by atoms with Gasteiger partial charge >= 0.3 is 0 Å². The molecule has 0 spiro atoms. The summed E-state index contributed by atoms with van der Waals surface area (Å²) in [5.41, 5.74) is 2.07. The Morgan fingerprint density at radius 3 is 2.25 bits per heavy atom. The van der Waals surface area contributed by atoms with Crippen molar-refractivity contribution >= 4 is 23.4 Å². The van der Waals surface area contributed by atoms with Crippen LogP contribution in [-0.4, -0.2) is 56.5 Å². The number of hydrogen-bond donors (Lipinski definition) is 2. The molecule has 172 valence electrons. The summed E-state index contributed by atoms with van der Waals surface area (Å²) in [7, 11) is 3.00. The fraction of sp³-hybridized carbons (Fsp3) is 0.375. The number of hydrogen-bond acceptors (Lipinski definition) is 5. The van der Waals surface area contributed by atoms with E-state index in [2.05, 4.69) is 10.6 Å². The number of aryl methyl sites for hydroxylation is 1. The molecule has 2 rings (SSSR count). The highest BCUT2D eigenvalue weighted by Gasteiger charge is 2.23. The smallest absolute Gasteiger partial charge is 0.258 e. The van der Waals surface area contributed by atoms with E-state index < -0.39 is 5.91 Å². The van der Waals surface area contributed by atoms with E-state index in [1.165, 1.54) is 19.1 Å². The summed E-state index contributed by atoms with van der Waals surface area (Å²) in [5.74, 6) is -0.0447. The van der Waals surface area contributed by atoms with Gasteiger partial charge in [0.25, 0.3) is 5.91 Å². The molecular formula is C24H31N3O5. The van der Waals surface area contributed by atoms with Gasteiger partial charge in [-0.25, -0.2) is 0 Å². The van der Waals surface area contributed by atoms with E-state index in [1.807, 2.05) is 32.9 Å². The zero-order valence-electron chi connectivity index (χ0n) is 19.2. The van der Waals surface area contributed by atoms with E-state index in [9.17, 15) is 14.4 Å². The van der Waals surface area contributed by atoms with Crippen molar-refractivity contribution in [2.45, 2.75) is 20.8 Å². The molecule has 0 saturated carbocycles. The van der Waals surface area contributed by atoms with Gasteiger partial charge in [-0.15, -0.1) is 0 Å². The minimum atomic E-state index is -0.425. The third-order valence-electron chi connectivity index (χ3n) is 4.63. The molecule has 0 fully saturated rings. The van der Waals surface area contributed by atoms with Crippen molar-refractivity contribution in [3.8, 4) is 11.5 Å². The first kappa shape index (κ1) is 24.7.